The van der Waals surface area contributed by atoms with Crippen LogP contribution in [0.2, 0.25) is 0 Å². The van der Waals surface area contributed by atoms with Crippen LogP contribution in [0.4, 0.5) is 0 Å². The van der Waals surface area contributed by atoms with Gasteiger partial charge in [-0.25, -0.2) is 13.1 Å². The van der Waals surface area contributed by atoms with E-state index in [0.717, 1.165) is 3.57 Å². The van der Waals surface area contributed by atoms with Crippen LogP contribution in [0.3, 0.4) is 0 Å². The van der Waals surface area contributed by atoms with Crippen LogP contribution in [-0.4, -0.2) is 33.3 Å². The van der Waals surface area contributed by atoms with Gasteiger partial charge in [0.05, 0.1) is 13.7 Å². The van der Waals surface area contributed by atoms with Gasteiger partial charge in [0.2, 0.25) is 10.0 Å². The van der Waals surface area contributed by atoms with Crippen LogP contribution in [0.25, 0.3) is 0 Å². The third-order valence-electron chi connectivity index (χ3n) is 2.45. The summed E-state index contributed by atoms with van der Waals surface area (Å²) in [6.45, 7) is 1.57. The second kappa shape index (κ2) is 6.69. The Morgan fingerprint density at radius 3 is 2.67 bits per heavy atom. The molecule has 0 aromatic heterocycles. The summed E-state index contributed by atoms with van der Waals surface area (Å²) in [5.74, 6) is 0.288. The van der Waals surface area contributed by atoms with Gasteiger partial charge in [0, 0.05) is 9.61 Å². The minimum Gasteiger partial charge on any atom is -0.495 e. The molecule has 2 N–H and O–H groups in total. The SMILES string of the molecule is CCC(CO)NS(=O)(=O)c1cc(I)ccc1OC. The van der Waals surface area contributed by atoms with Crippen LogP contribution >= 0.6 is 22.6 Å². The van der Waals surface area contributed by atoms with Gasteiger partial charge in [-0.15, -0.1) is 0 Å². The monoisotopic (exact) mass is 385 g/mol. The molecule has 0 aliphatic rings. The molecule has 1 atom stereocenters. The number of aliphatic hydroxyl groups excluding tert-OH is 1. The van der Waals surface area contributed by atoms with Crippen molar-refractivity contribution in [3.8, 4) is 5.75 Å². The third-order valence-corrected chi connectivity index (χ3v) is 4.66. The zero-order valence-corrected chi connectivity index (χ0v) is 13.2. The average Bonchev–Trinajstić information content (AvgIpc) is 2.36. The highest BCUT2D eigenvalue weighted by Gasteiger charge is 2.22. The second-order valence-electron chi connectivity index (χ2n) is 3.70. The normalized spacial score (nSPS) is 13.3. The molecule has 1 aromatic carbocycles. The molecule has 7 heteroatoms. The minimum atomic E-state index is -3.69. The number of rotatable bonds is 6. The number of hydrogen-bond acceptors (Lipinski definition) is 4. The maximum atomic E-state index is 12.2. The first-order valence-electron chi connectivity index (χ1n) is 5.41. The molecule has 0 bridgehead atoms. The van der Waals surface area contributed by atoms with Crippen molar-refractivity contribution in [3.63, 3.8) is 0 Å². The second-order valence-corrected chi connectivity index (χ2v) is 6.63. The molecule has 0 saturated heterocycles. The Bertz CT molecular complexity index is 500. The first-order valence-corrected chi connectivity index (χ1v) is 7.97. The molecule has 102 valence electrons. The van der Waals surface area contributed by atoms with Crippen LogP contribution < -0.4 is 9.46 Å². The van der Waals surface area contributed by atoms with Crippen LogP contribution in [0.5, 0.6) is 5.75 Å². The van der Waals surface area contributed by atoms with E-state index in [9.17, 15) is 8.42 Å². The van der Waals surface area contributed by atoms with Crippen molar-refractivity contribution in [3.05, 3.63) is 21.8 Å². The van der Waals surface area contributed by atoms with Crippen molar-refractivity contribution in [1.82, 2.24) is 4.72 Å². The highest BCUT2D eigenvalue weighted by Crippen LogP contribution is 2.25. The van der Waals surface area contributed by atoms with E-state index < -0.39 is 16.1 Å². The Morgan fingerprint density at radius 1 is 1.50 bits per heavy atom. The van der Waals surface area contributed by atoms with Crippen molar-refractivity contribution in [2.75, 3.05) is 13.7 Å². The van der Waals surface area contributed by atoms with Gasteiger partial charge < -0.3 is 9.84 Å². The van der Waals surface area contributed by atoms with E-state index >= 15 is 0 Å². The van der Waals surface area contributed by atoms with Crippen LogP contribution in [0.15, 0.2) is 23.1 Å². The fourth-order valence-electron chi connectivity index (χ4n) is 1.39. The Balaban J connectivity index is 3.15. The van der Waals surface area contributed by atoms with E-state index in [1.165, 1.54) is 13.2 Å². The van der Waals surface area contributed by atoms with Gasteiger partial charge in [0.15, 0.2) is 0 Å². The van der Waals surface area contributed by atoms with Crippen molar-refractivity contribution in [2.45, 2.75) is 24.3 Å². The maximum Gasteiger partial charge on any atom is 0.244 e. The Hall–Kier alpha value is -0.380. The van der Waals surface area contributed by atoms with Gasteiger partial charge in [0.25, 0.3) is 0 Å². The molecule has 0 spiro atoms. The fourth-order valence-corrected chi connectivity index (χ4v) is 3.60. The molecule has 0 heterocycles. The lowest BCUT2D eigenvalue weighted by atomic mass is 10.3. The van der Waals surface area contributed by atoms with Gasteiger partial charge >= 0.3 is 0 Å². The molecule has 0 aliphatic heterocycles. The highest BCUT2D eigenvalue weighted by atomic mass is 127. The summed E-state index contributed by atoms with van der Waals surface area (Å²) in [7, 11) is -2.27. The summed E-state index contributed by atoms with van der Waals surface area (Å²) in [6, 6.07) is 4.42. The first kappa shape index (κ1) is 15.7. The van der Waals surface area contributed by atoms with Gasteiger partial charge in [0.1, 0.15) is 10.6 Å². The van der Waals surface area contributed by atoms with E-state index in [0.29, 0.717) is 6.42 Å². The lowest BCUT2D eigenvalue weighted by Crippen LogP contribution is -2.37. The summed E-state index contributed by atoms with van der Waals surface area (Å²) in [6.07, 6.45) is 0.516. The molecule has 1 aromatic rings. The van der Waals surface area contributed by atoms with E-state index in [2.05, 4.69) is 4.72 Å². The summed E-state index contributed by atoms with van der Waals surface area (Å²) in [4.78, 5) is 0.0869. The molecule has 18 heavy (non-hydrogen) atoms. The molecule has 0 radical (unpaired) electrons. The summed E-state index contributed by atoms with van der Waals surface area (Å²) in [5.41, 5.74) is 0. The summed E-state index contributed by atoms with van der Waals surface area (Å²) < 4.78 is 32.7. The largest absolute Gasteiger partial charge is 0.495 e. The zero-order valence-electron chi connectivity index (χ0n) is 10.2. The van der Waals surface area contributed by atoms with Crippen molar-refractivity contribution in [2.24, 2.45) is 0 Å². The fraction of sp³-hybridized carbons (Fsp3) is 0.455. The van der Waals surface area contributed by atoms with Gasteiger partial charge in [-0.2, -0.15) is 0 Å². The molecule has 1 rings (SSSR count). The number of sulfonamides is 1. The third kappa shape index (κ3) is 3.81. The Labute approximate surface area is 121 Å². The molecule has 1 unspecified atom stereocenters. The van der Waals surface area contributed by atoms with Crippen LogP contribution in [0.1, 0.15) is 13.3 Å². The smallest absolute Gasteiger partial charge is 0.244 e. The number of benzene rings is 1. The number of methoxy groups -OCH3 is 1. The quantitative estimate of drug-likeness (QED) is 0.725. The average molecular weight is 385 g/mol. The number of hydrogen-bond donors (Lipinski definition) is 2. The first-order chi connectivity index (χ1) is 8.44. The van der Waals surface area contributed by atoms with Gasteiger partial charge in [-0.3, -0.25) is 0 Å². The number of halogens is 1. The highest BCUT2D eigenvalue weighted by molar-refractivity contribution is 14.1. The molecular formula is C11H16INO4S. The van der Waals surface area contributed by atoms with Crippen LogP contribution in [0, 0.1) is 3.57 Å². The molecular weight excluding hydrogens is 369 g/mol. The standard InChI is InChI=1S/C11H16INO4S/c1-3-9(7-14)13-18(15,16)11-6-8(12)4-5-10(11)17-2/h4-6,9,13-14H,3,7H2,1-2H3. The van der Waals surface area contributed by atoms with Crippen molar-refractivity contribution in [1.29, 1.82) is 0 Å². The number of aliphatic hydroxyl groups is 1. The number of nitrogens with one attached hydrogen (secondary N) is 1. The predicted molar refractivity (Wildman–Crippen MR) is 77.2 cm³/mol. The van der Waals surface area contributed by atoms with E-state index in [4.69, 9.17) is 9.84 Å². The van der Waals surface area contributed by atoms with Crippen molar-refractivity contribution < 1.29 is 18.3 Å². The molecule has 0 saturated carbocycles. The molecule has 0 aliphatic carbocycles. The maximum absolute atomic E-state index is 12.2. The molecule has 5 nitrogen and oxygen atoms in total. The van der Waals surface area contributed by atoms with Gasteiger partial charge in [-0.05, 0) is 47.2 Å². The Morgan fingerprint density at radius 2 is 2.17 bits per heavy atom. The number of ether oxygens (including phenoxy) is 1. The molecule has 0 amide bonds. The minimum absolute atomic E-state index is 0.0869. The topological polar surface area (TPSA) is 75.6 Å². The lowest BCUT2D eigenvalue weighted by Gasteiger charge is -2.16. The molecule has 0 fully saturated rings. The van der Waals surface area contributed by atoms with E-state index in [1.807, 2.05) is 22.6 Å². The van der Waals surface area contributed by atoms with E-state index in [-0.39, 0.29) is 17.3 Å². The van der Waals surface area contributed by atoms with Gasteiger partial charge in [-0.1, -0.05) is 6.92 Å². The van der Waals surface area contributed by atoms with Crippen LogP contribution in [-0.2, 0) is 10.0 Å². The lowest BCUT2D eigenvalue weighted by molar-refractivity contribution is 0.253. The predicted octanol–water partition coefficient (Wildman–Crippen LogP) is 1.35. The summed E-state index contributed by atoms with van der Waals surface area (Å²) in [5, 5.41) is 9.06. The Kier molecular flexibility index (Phi) is 5.83. The summed E-state index contributed by atoms with van der Waals surface area (Å²) >= 11 is 2.03. The van der Waals surface area contributed by atoms with Crippen molar-refractivity contribution >= 4 is 32.6 Å². The zero-order chi connectivity index (χ0) is 13.8. The van der Waals surface area contributed by atoms with E-state index in [1.54, 1.807) is 19.1 Å².